The fourth-order valence-electron chi connectivity index (χ4n) is 1.10. The SMILES string of the molecule is CCCCNP(N)(=S)NC(C)NC(=N)NC#N. The van der Waals surface area contributed by atoms with E-state index < -0.39 is 6.49 Å². The van der Waals surface area contributed by atoms with E-state index in [9.17, 15) is 0 Å². The molecular weight excluding hydrogens is 257 g/mol. The Hall–Kier alpha value is -0.710. The van der Waals surface area contributed by atoms with Crippen molar-refractivity contribution in [1.82, 2.24) is 20.8 Å². The quantitative estimate of drug-likeness (QED) is 0.0741. The molecule has 17 heavy (non-hydrogen) atoms. The largest absolute Gasteiger partial charge is 0.340 e. The molecule has 0 heterocycles. The summed E-state index contributed by atoms with van der Waals surface area (Å²) in [6.45, 7) is 2.36. The first-order chi connectivity index (χ1) is 7.91. The summed E-state index contributed by atoms with van der Waals surface area (Å²) in [5.74, 6) is -0.0870. The highest BCUT2D eigenvalue weighted by Gasteiger charge is 2.13. The molecule has 0 fully saturated rings. The Morgan fingerprint density at radius 1 is 1.65 bits per heavy atom. The Balaban J connectivity index is 4.00. The first-order valence-corrected chi connectivity index (χ1v) is 8.20. The highest BCUT2D eigenvalue weighted by atomic mass is 32.4. The highest BCUT2D eigenvalue weighted by Crippen LogP contribution is 2.25. The lowest BCUT2D eigenvalue weighted by atomic mass is 10.3. The van der Waals surface area contributed by atoms with E-state index in [0.29, 0.717) is 0 Å². The number of nitrogens with one attached hydrogen (secondary N) is 5. The maximum atomic E-state index is 8.31. The number of hydrogen-bond donors (Lipinski definition) is 6. The molecule has 2 unspecified atom stereocenters. The van der Waals surface area contributed by atoms with Crippen molar-refractivity contribution in [2.45, 2.75) is 32.9 Å². The van der Waals surface area contributed by atoms with Crippen molar-refractivity contribution in [3.05, 3.63) is 0 Å². The van der Waals surface area contributed by atoms with Gasteiger partial charge in [0.1, 0.15) is 6.49 Å². The van der Waals surface area contributed by atoms with Crippen LogP contribution in [0.15, 0.2) is 0 Å². The second-order valence-corrected chi connectivity index (χ2v) is 7.14. The van der Waals surface area contributed by atoms with Crippen molar-refractivity contribution in [2.24, 2.45) is 5.50 Å². The minimum absolute atomic E-state index is 0.0870. The van der Waals surface area contributed by atoms with E-state index in [1.165, 1.54) is 0 Å². The van der Waals surface area contributed by atoms with Crippen molar-refractivity contribution in [3.8, 4) is 6.19 Å². The molecule has 0 saturated carbocycles. The third-order valence-corrected chi connectivity index (χ3v) is 3.97. The summed E-state index contributed by atoms with van der Waals surface area (Å²) >= 11 is 5.22. The van der Waals surface area contributed by atoms with Crippen molar-refractivity contribution < 1.29 is 0 Å². The van der Waals surface area contributed by atoms with Crippen LogP contribution in [0.5, 0.6) is 0 Å². The minimum Gasteiger partial charge on any atom is -0.340 e. The van der Waals surface area contributed by atoms with Gasteiger partial charge in [0.05, 0.1) is 6.17 Å². The van der Waals surface area contributed by atoms with E-state index in [0.717, 1.165) is 19.4 Å². The molecular formula is C8H20N7PS. The predicted octanol–water partition coefficient (Wildman–Crippen LogP) is 0.0900. The highest BCUT2D eigenvalue weighted by molar-refractivity contribution is 8.11. The molecule has 7 N–H and O–H groups in total. The summed E-state index contributed by atoms with van der Waals surface area (Å²) in [5, 5.41) is 26.6. The molecule has 0 aromatic heterocycles. The molecule has 0 aromatic rings. The Morgan fingerprint density at radius 3 is 2.82 bits per heavy atom. The molecule has 0 bridgehead atoms. The van der Waals surface area contributed by atoms with Gasteiger partial charge in [-0.3, -0.25) is 21.3 Å². The monoisotopic (exact) mass is 277 g/mol. The number of rotatable bonds is 7. The van der Waals surface area contributed by atoms with Gasteiger partial charge in [0.2, 0.25) is 5.96 Å². The topological polar surface area (TPSA) is 122 Å². The van der Waals surface area contributed by atoms with E-state index >= 15 is 0 Å². The molecule has 0 saturated heterocycles. The molecule has 98 valence electrons. The summed E-state index contributed by atoms with van der Waals surface area (Å²) in [4.78, 5) is 0. The van der Waals surface area contributed by atoms with Crippen molar-refractivity contribution in [3.63, 3.8) is 0 Å². The molecule has 0 aliphatic rings. The second-order valence-electron chi connectivity index (χ2n) is 3.53. The first kappa shape index (κ1) is 16.3. The Bertz CT molecular complexity index is 326. The summed E-state index contributed by atoms with van der Waals surface area (Å²) in [5.41, 5.74) is 5.92. The van der Waals surface area contributed by atoms with E-state index in [1.54, 1.807) is 13.1 Å². The van der Waals surface area contributed by atoms with E-state index in [2.05, 4.69) is 27.7 Å². The lowest BCUT2D eigenvalue weighted by Gasteiger charge is -2.25. The molecule has 0 aromatic carbocycles. The van der Waals surface area contributed by atoms with Gasteiger partial charge in [0.15, 0.2) is 6.19 Å². The Labute approximate surface area is 107 Å². The second kappa shape index (κ2) is 8.39. The van der Waals surface area contributed by atoms with Crippen LogP contribution < -0.4 is 26.3 Å². The summed E-state index contributed by atoms with van der Waals surface area (Å²) in [6.07, 6.45) is 3.46. The van der Waals surface area contributed by atoms with E-state index in [-0.39, 0.29) is 12.1 Å². The Kier molecular flexibility index (Phi) is 8.04. The summed E-state index contributed by atoms with van der Waals surface area (Å²) < 4.78 is 0. The van der Waals surface area contributed by atoms with Gasteiger partial charge in [-0.2, -0.15) is 5.26 Å². The van der Waals surface area contributed by atoms with Gasteiger partial charge in [-0.25, -0.2) is 5.09 Å². The van der Waals surface area contributed by atoms with Crippen LogP contribution in [0.3, 0.4) is 0 Å². The molecule has 9 heteroatoms. The van der Waals surface area contributed by atoms with Crippen LogP contribution in [0, 0.1) is 16.9 Å². The Morgan fingerprint density at radius 2 is 2.29 bits per heavy atom. The average Bonchev–Trinajstić information content (AvgIpc) is 2.16. The molecule has 7 nitrogen and oxygen atoms in total. The standard InChI is InChI=1S/C8H20N7PS/c1-3-4-5-13-16(11,17)15-7(2)14-8(10)12-6-9/h7H,3-5H2,1-2H3,(H3,10,12,14)(H4,11,13,15,17). The number of nitriles is 1. The van der Waals surface area contributed by atoms with E-state index in [1.807, 2.05) is 0 Å². The van der Waals surface area contributed by atoms with Gasteiger partial charge >= 0.3 is 0 Å². The normalized spacial score (nSPS) is 15.4. The molecule has 0 rings (SSSR count). The van der Waals surface area contributed by atoms with Crippen LogP contribution >= 0.6 is 6.49 Å². The fraction of sp³-hybridized carbons (Fsp3) is 0.750. The number of guanidine groups is 1. The van der Waals surface area contributed by atoms with Crippen molar-refractivity contribution in [1.29, 1.82) is 10.7 Å². The maximum Gasteiger partial charge on any atom is 0.203 e. The number of hydrogen-bond acceptors (Lipinski definition) is 3. The molecule has 0 aliphatic carbocycles. The van der Waals surface area contributed by atoms with Crippen LogP contribution in [0.2, 0.25) is 0 Å². The molecule has 0 radical (unpaired) electrons. The van der Waals surface area contributed by atoms with Gasteiger partial charge in [0.25, 0.3) is 0 Å². The van der Waals surface area contributed by atoms with Gasteiger partial charge in [0, 0.05) is 6.54 Å². The summed E-state index contributed by atoms with van der Waals surface area (Å²) in [6, 6.07) is 0. The number of unbranched alkanes of at least 4 members (excludes halogenated alkanes) is 1. The maximum absolute atomic E-state index is 8.31. The molecule has 0 spiro atoms. The zero-order valence-corrected chi connectivity index (χ0v) is 11.8. The number of nitrogens with zero attached hydrogens (tertiary/aromatic N) is 1. The van der Waals surface area contributed by atoms with Gasteiger partial charge in [-0.15, -0.1) is 0 Å². The van der Waals surface area contributed by atoms with Gasteiger partial charge in [-0.1, -0.05) is 13.3 Å². The van der Waals surface area contributed by atoms with E-state index in [4.69, 9.17) is 28.0 Å². The average molecular weight is 277 g/mol. The van der Waals surface area contributed by atoms with Gasteiger partial charge < -0.3 is 5.32 Å². The van der Waals surface area contributed by atoms with Crippen LogP contribution in [-0.2, 0) is 11.8 Å². The van der Waals surface area contributed by atoms with Crippen molar-refractivity contribution >= 4 is 24.3 Å². The number of nitrogens with two attached hydrogens (primary N) is 1. The molecule has 0 amide bonds. The molecule has 2 atom stereocenters. The van der Waals surface area contributed by atoms with Gasteiger partial charge in [-0.05, 0) is 25.2 Å². The van der Waals surface area contributed by atoms with Crippen molar-refractivity contribution in [2.75, 3.05) is 6.54 Å². The van der Waals surface area contributed by atoms with Crippen LogP contribution in [0.25, 0.3) is 0 Å². The van der Waals surface area contributed by atoms with Crippen LogP contribution in [-0.4, -0.2) is 18.7 Å². The predicted molar refractivity (Wildman–Crippen MR) is 73.6 cm³/mol. The minimum atomic E-state index is -2.29. The zero-order chi connectivity index (χ0) is 13.3. The lowest BCUT2D eigenvalue weighted by Crippen LogP contribution is -2.48. The first-order valence-electron chi connectivity index (χ1n) is 5.33. The smallest absolute Gasteiger partial charge is 0.203 e. The zero-order valence-electron chi connectivity index (χ0n) is 10.1. The molecule has 0 aliphatic heterocycles. The van der Waals surface area contributed by atoms with Crippen LogP contribution in [0.1, 0.15) is 26.7 Å². The third kappa shape index (κ3) is 9.03. The summed E-state index contributed by atoms with van der Waals surface area (Å²) in [7, 11) is 0. The lowest BCUT2D eigenvalue weighted by molar-refractivity contribution is 0.626. The third-order valence-electron chi connectivity index (χ3n) is 1.80. The van der Waals surface area contributed by atoms with Crippen LogP contribution in [0.4, 0.5) is 0 Å². The fourth-order valence-corrected chi connectivity index (χ4v) is 3.07.